The first-order valence-electron chi connectivity index (χ1n) is 6.46. The van der Waals surface area contributed by atoms with E-state index in [-0.39, 0.29) is 16.1 Å². The molecule has 2 rings (SSSR count). The Morgan fingerprint density at radius 1 is 1.19 bits per heavy atom. The predicted octanol–water partition coefficient (Wildman–Crippen LogP) is 4.71. The van der Waals surface area contributed by atoms with Crippen LogP contribution >= 0.6 is 31.9 Å². The first kappa shape index (κ1) is 16.2. The molecule has 5 heteroatoms. The SMILES string of the molecule is CC(Cc1ccc(Br)cc1)NC(=O)c1cccc(Br)c1F. The van der Waals surface area contributed by atoms with Crippen LogP contribution in [0.2, 0.25) is 0 Å². The van der Waals surface area contributed by atoms with Gasteiger partial charge in [0, 0.05) is 10.5 Å². The number of benzene rings is 2. The van der Waals surface area contributed by atoms with Crippen LogP contribution in [0.5, 0.6) is 0 Å². The summed E-state index contributed by atoms with van der Waals surface area (Å²) < 4.78 is 15.2. The summed E-state index contributed by atoms with van der Waals surface area (Å²) in [7, 11) is 0. The maximum atomic E-state index is 13.9. The van der Waals surface area contributed by atoms with E-state index in [2.05, 4.69) is 37.2 Å². The minimum Gasteiger partial charge on any atom is -0.349 e. The summed E-state index contributed by atoms with van der Waals surface area (Å²) in [5.41, 5.74) is 1.16. The molecule has 0 radical (unpaired) electrons. The van der Waals surface area contributed by atoms with Crippen LogP contribution in [0, 0.1) is 5.82 Å². The second-order valence-corrected chi connectivity index (χ2v) is 6.58. The molecule has 0 bridgehead atoms. The number of hydrogen-bond acceptors (Lipinski definition) is 1. The minimum atomic E-state index is -0.536. The molecule has 2 aromatic rings. The number of carbonyl (C=O) groups excluding carboxylic acids is 1. The van der Waals surface area contributed by atoms with E-state index >= 15 is 0 Å². The van der Waals surface area contributed by atoms with Crippen molar-refractivity contribution in [3.63, 3.8) is 0 Å². The van der Waals surface area contributed by atoms with Crippen molar-refractivity contribution < 1.29 is 9.18 Å². The van der Waals surface area contributed by atoms with Gasteiger partial charge in [0.15, 0.2) is 0 Å². The Bertz CT molecular complexity index is 643. The highest BCUT2D eigenvalue weighted by Gasteiger charge is 2.15. The van der Waals surface area contributed by atoms with Gasteiger partial charge >= 0.3 is 0 Å². The van der Waals surface area contributed by atoms with E-state index in [0.29, 0.717) is 6.42 Å². The second-order valence-electron chi connectivity index (χ2n) is 4.81. The third kappa shape index (κ3) is 4.38. The number of rotatable bonds is 4. The third-order valence-corrected chi connectivity index (χ3v) is 4.17. The molecule has 0 aromatic heterocycles. The molecule has 0 fully saturated rings. The van der Waals surface area contributed by atoms with Crippen molar-refractivity contribution in [2.45, 2.75) is 19.4 Å². The van der Waals surface area contributed by atoms with E-state index in [1.54, 1.807) is 12.1 Å². The smallest absolute Gasteiger partial charge is 0.254 e. The van der Waals surface area contributed by atoms with Crippen molar-refractivity contribution in [1.82, 2.24) is 5.32 Å². The highest BCUT2D eigenvalue weighted by Crippen LogP contribution is 2.18. The number of hydrogen-bond donors (Lipinski definition) is 1. The molecule has 0 aliphatic heterocycles. The van der Waals surface area contributed by atoms with Crippen LogP contribution < -0.4 is 5.32 Å². The van der Waals surface area contributed by atoms with Crippen LogP contribution in [0.3, 0.4) is 0 Å². The molecular formula is C16H14Br2FNO. The Balaban J connectivity index is 2.02. The molecule has 0 saturated heterocycles. The van der Waals surface area contributed by atoms with Gasteiger partial charge in [0.1, 0.15) is 5.82 Å². The van der Waals surface area contributed by atoms with Crippen molar-refractivity contribution in [1.29, 1.82) is 0 Å². The molecule has 0 heterocycles. The summed E-state index contributed by atoms with van der Waals surface area (Å²) in [5, 5.41) is 2.82. The lowest BCUT2D eigenvalue weighted by atomic mass is 10.1. The Morgan fingerprint density at radius 3 is 2.52 bits per heavy atom. The van der Waals surface area contributed by atoms with E-state index in [0.717, 1.165) is 10.0 Å². The molecule has 2 aromatic carbocycles. The zero-order valence-electron chi connectivity index (χ0n) is 11.4. The average molecular weight is 415 g/mol. The normalized spacial score (nSPS) is 12.0. The monoisotopic (exact) mass is 413 g/mol. The van der Waals surface area contributed by atoms with Crippen molar-refractivity contribution in [3.05, 3.63) is 68.4 Å². The zero-order chi connectivity index (χ0) is 15.4. The average Bonchev–Trinajstić information content (AvgIpc) is 2.44. The molecular weight excluding hydrogens is 401 g/mol. The molecule has 1 unspecified atom stereocenters. The van der Waals surface area contributed by atoms with E-state index in [9.17, 15) is 9.18 Å². The highest BCUT2D eigenvalue weighted by atomic mass is 79.9. The molecule has 2 nitrogen and oxygen atoms in total. The quantitative estimate of drug-likeness (QED) is 0.770. The fourth-order valence-electron chi connectivity index (χ4n) is 2.01. The summed E-state index contributed by atoms with van der Waals surface area (Å²) in [6, 6.07) is 12.5. The van der Waals surface area contributed by atoms with Crippen LogP contribution in [-0.2, 0) is 6.42 Å². The molecule has 0 aliphatic carbocycles. The van der Waals surface area contributed by atoms with Crippen LogP contribution in [-0.4, -0.2) is 11.9 Å². The van der Waals surface area contributed by atoms with Crippen molar-refractivity contribution in [3.8, 4) is 0 Å². The molecule has 21 heavy (non-hydrogen) atoms. The number of halogens is 3. The van der Waals surface area contributed by atoms with E-state index in [1.165, 1.54) is 6.07 Å². The highest BCUT2D eigenvalue weighted by molar-refractivity contribution is 9.10. The number of amides is 1. The fourth-order valence-corrected chi connectivity index (χ4v) is 2.64. The van der Waals surface area contributed by atoms with Gasteiger partial charge in [-0.3, -0.25) is 4.79 Å². The van der Waals surface area contributed by atoms with E-state index < -0.39 is 11.7 Å². The topological polar surface area (TPSA) is 29.1 Å². The molecule has 0 spiro atoms. The summed E-state index contributed by atoms with van der Waals surface area (Å²) in [6.07, 6.45) is 0.689. The van der Waals surface area contributed by atoms with Crippen LogP contribution in [0.25, 0.3) is 0 Å². The standard InChI is InChI=1S/C16H14Br2FNO/c1-10(9-11-5-7-12(17)8-6-11)20-16(21)13-3-2-4-14(18)15(13)19/h2-8,10H,9H2,1H3,(H,20,21). The zero-order valence-corrected chi connectivity index (χ0v) is 14.5. The Hall–Kier alpha value is -1.20. The predicted molar refractivity (Wildman–Crippen MR) is 88.9 cm³/mol. The molecule has 1 amide bonds. The summed E-state index contributed by atoms with van der Waals surface area (Å²) in [4.78, 5) is 12.1. The summed E-state index contributed by atoms with van der Waals surface area (Å²) >= 11 is 6.46. The van der Waals surface area contributed by atoms with Gasteiger partial charge in [0.2, 0.25) is 0 Å². The molecule has 110 valence electrons. The van der Waals surface area contributed by atoms with Gasteiger partial charge in [-0.2, -0.15) is 0 Å². The third-order valence-electron chi connectivity index (χ3n) is 3.03. The largest absolute Gasteiger partial charge is 0.349 e. The van der Waals surface area contributed by atoms with Gasteiger partial charge in [-0.25, -0.2) is 4.39 Å². The lowest BCUT2D eigenvalue weighted by Crippen LogP contribution is -2.34. The van der Waals surface area contributed by atoms with Gasteiger partial charge in [-0.15, -0.1) is 0 Å². The van der Waals surface area contributed by atoms with Gasteiger partial charge < -0.3 is 5.32 Å². The fraction of sp³-hybridized carbons (Fsp3) is 0.188. The molecule has 0 aliphatic rings. The van der Waals surface area contributed by atoms with Crippen molar-refractivity contribution in [2.75, 3.05) is 0 Å². The van der Waals surface area contributed by atoms with Gasteiger partial charge in [0.25, 0.3) is 5.91 Å². The lowest BCUT2D eigenvalue weighted by molar-refractivity contribution is 0.0936. The minimum absolute atomic E-state index is 0.0482. The number of carbonyl (C=O) groups is 1. The summed E-state index contributed by atoms with van der Waals surface area (Å²) in [6.45, 7) is 1.90. The van der Waals surface area contributed by atoms with E-state index in [1.807, 2.05) is 31.2 Å². The molecule has 1 atom stereocenters. The summed E-state index contributed by atoms with van der Waals surface area (Å²) in [5.74, 6) is -0.941. The van der Waals surface area contributed by atoms with Crippen LogP contribution in [0.4, 0.5) is 4.39 Å². The van der Waals surface area contributed by atoms with Crippen LogP contribution in [0.1, 0.15) is 22.8 Å². The maximum Gasteiger partial charge on any atom is 0.254 e. The Labute approximate surface area is 140 Å². The first-order valence-corrected chi connectivity index (χ1v) is 8.05. The Kier molecular flexibility index (Phi) is 5.53. The van der Waals surface area contributed by atoms with Crippen molar-refractivity contribution >= 4 is 37.8 Å². The first-order chi connectivity index (χ1) is 9.97. The van der Waals surface area contributed by atoms with Gasteiger partial charge in [-0.05, 0) is 59.1 Å². The van der Waals surface area contributed by atoms with E-state index in [4.69, 9.17) is 0 Å². The lowest BCUT2D eigenvalue weighted by Gasteiger charge is -2.14. The molecule has 1 N–H and O–H groups in total. The maximum absolute atomic E-state index is 13.9. The second kappa shape index (κ2) is 7.18. The van der Waals surface area contributed by atoms with Gasteiger partial charge in [-0.1, -0.05) is 34.1 Å². The van der Waals surface area contributed by atoms with Crippen LogP contribution in [0.15, 0.2) is 51.4 Å². The Morgan fingerprint density at radius 2 is 1.86 bits per heavy atom. The van der Waals surface area contributed by atoms with Gasteiger partial charge in [0.05, 0.1) is 10.0 Å². The number of nitrogens with one attached hydrogen (secondary N) is 1. The molecule has 0 saturated carbocycles. The van der Waals surface area contributed by atoms with Crippen molar-refractivity contribution in [2.24, 2.45) is 0 Å².